The molecule has 0 aromatic heterocycles. The fourth-order valence-corrected chi connectivity index (χ4v) is 4.17. The van der Waals surface area contributed by atoms with Crippen molar-refractivity contribution in [2.45, 2.75) is 18.9 Å². The van der Waals surface area contributed by atoms with E-state index in [1.807, 2.05) is 0 Å². The van der Waals surface area contributed by atoms with Crippen LogP contribution in [0.2, 0.25) is 0 Å². The number of piperazine rings is 1. The van der Waals surface area contributed by atoms with Gasteiger partial charge in [-0.25, -0.2) is 8.42 Å². The second-order valence-electron chi connectivity index (χ2n) is 5.21. The molecule has 1 aromatic carbocycles. The Morgan fingerprint density at radius 1 is 1.35 bits per heavy atom. The summed E-state index contributed by atoms with van der Waals surface area (Å²) in [6, 6.07) is 7.92. The first-order chi connectivity index (χ1) is 11.0. The maximum Gasteiger partial charge on any atom is 0.305 e. The van der Waals surface area contributed by atoms with Gasteiger partial charge in [-0.3, -0.25) is 9.59 Å². The normalized spacial score (nSPS) is 19.2. The topological polar surface area (TPSA) is 92.8 Å². The van der Waals surface area contributed by atoms with Gasteiger partial charge in [0.05, 0.1) is 12.9 Å². The quantitative estimate of drug-likeness (QED) is 0.759. The molecular formula is C15H20N2O5S. The Morgan fingerprint density at radius 2 is 2.04 bits per heavy atom. The van der Waals surface area contributed by atoms with Gasteiger partial charge in [0.2, 0.25) is 15.9 Å². The number of nitrogens with zero attached hydrogens (tertiary/aromatic N) is 1. The van der Waals surface area contributed by atoms with Gasteiger partial charge in [0.15, 0.2) is 0 Å². The molecule has 7 nitrogen and oxygen atoms in total. The number of amides is 1. The Bertz CT molecular complexity index is 660. The fourth-order valence-electron chi connectivity index (χ4n) is 2.52. The van der Waals surface area contributed by atoms with E-state index < -0.39 is 22.0 Å². The van der Waals surface area contributed by atoms with Gasteiger partial charge in [0, 0.05) is 19.5 Å². The van der Waals surface area contributed by atoms with Crippen LogP contribution in [-0.4, -0.2) is 50.6 Å². The lowest BCUT2D eigenvalue weighted by Gasteiger charge is -2.34. The van der Waals surface area contributed by atoms with Crippen molar-refractivity contribution in [1.82, 2.24) is 9.62 Å². The molecule has 1 saturated heterocycles. The predicted molar refractivity (Wildman–Crippen MR) is 83.9 cm³/mol. The van der Waals surface area contributed by atoms with E-state index in [0.29, 0.717) is 5.56 Å². The molecule has 126 valence electrons. The number of esters is 1. The number of hydrogen-bond acceptors (Lipinski definition) is 5. The summed E-state index contributed by atoms with van der Waals surface area (Å²) < 4.78 is 30.9. The molecule has 0 saturated carbocycles. The van der Waals surface area contributed by atoms with Crippen molar-refractivity contribution < 1.29 is 22.7 Å². The zero-order chi connectivity index (χ0) is 16.9. The summed E-state index contributed by atoms with van der Waals surface area (Å²) in [6.07, 6.45) is 0.195. The van der Waals surface area contributed by atoms with Crippen molar-refractivity contribution in [3.63, 3.8) is 0 Å². The van der Waals surface area contributed by atoms with Crippen molar-refractivity contribution in [3.8, 4) is 0 Å². The Hall–Kier alpha value is -1.93. The molecule has 0 radical (unpaired) electrons. The van der Waals surface area contributed by atoms with E-state index in [9.17, 15) is 18.0 Å². The molecule has 1 fully saturated rings. The summed E-state index contributed by atoms with van der Waals surface area (Å²) in [4.78, 5) is 23.3. The van der Waals surface area contributed by atoms with Crippen LogP contribution in [0.15, 0.2) is 30.3 Å². The minimum atomic E-state index is -3.65. The van der Waals surface area contributed by atoms with Gasteiger partial charge in [-0.15, -0.1) is 0 Å². The predicted octanol–water partition coefficient (Wildman–Crippen LogP) is 0.443. The van der Waals surface area contributed by atoms with Crippen LogP contribution in [0.5, 0.6) is 0 Å². The average molecular weight is 340 g/mol. The third-order valence-corrected chi connectivity index (χ3v) is 5.56. The van der Waals surface area contributed by atoms with Crippen LogP contribution in [0, 0.1) is 0 Å². The largest absolute Gasteiger partial charge is 0.469 e. The third kappa shape index (κ3) is 4.29. The summed E-state index contributed by atoms with van der Waals surface area (Å²) >= 11 is 0. The van der Waals surface area contributed by atoms with E-state index in [4.69, 9.17) is 0 Å². The molecule has 8 heteroatoms. The van der Waals surface area contributed by atoms with Crippen molar-refractivity contribution in [3.05, 3.63) is 35.9 Å². The summed E-state index contributed by atoms with van der Waals surface area (Å²) in [5.41, 5.74) is 0.626. The molecule has 0 aliphatic carbocycles. The average Bonchev–Trinajstić information content (AvgIpc) is 2.55. The van der Waals surface area contributed by atoms with Crippen LogP contribution < -0.4 is 5.32 Å². The van der Waals surface area contributed by atoms with Crippen molar-refractivity contribution in [1.29, 1.82) is 0 Å². The summed E-state index contributed by atoms with van der Waals surface area (Å²) in [5, 5.41) is 2.70. The Balaban J connectivity index is 2.17. The Morgan fingerprint density at radius 3 is 2.70 bits per heavy atom. The van der Waals surface area contributed by atoms with E-state index in [1.165, 1.54) is 11.4 Å². The number of hydrogen-bond donors (Lipinski definition) is 1. The molecule has 0 bridgehead atoms. The number of methoxy groups -OCH3 is 1. The molecule has 1 heterocycles. The first-order valence-corrected chi connectivity index (χ1v) is 8.95. The Labute approximate surface area is 135 Å². The van der Waals surface area contributed by atoms with Crippen LogP contribution in [0.25, 0.3) is 0 Å². The highest BCUT2D eigenvalue weighted by atomic mass is 32.2. The lowest BCUT2D eigenvalue weighted by atomic mass is 10.1. The zero-order valence-corrected chi connectivity index (χ0v) is 13.7. The minimum Gasteiger partial charge on any atom is -0.469 e. The van der Waals surface area contributed by atoms with Crippen LogP contribution in [0.1, 0.15) is 24.4 Å². The molecule has 1 N–H and O–H groups in total. The number of carbonyl (C=O) groups excluding carboxylic acids is 2. The molecule has 1 amide bonds. The standard InChI is InChI=1S/C15H20N2O5S/c1-22-13(18)8-5-11-23(20,21)17-10-9-16-15(19)14(17)12-6-3-2-4-7-12/h2-4,6-7,14H,5,8-11H2,1H3,(H,16,19). The van der Waals surface area contributed by atoms with Gasteiger partial charge >= 0.3 is 5.97 Å². The number of carbonyl (C=O) groups is 2. The van der Waals surface area contributed by atoms with E-state index in [0.717, 1.165) is 0 Å². The molecule has 0 spiro atoms. The van der Waals surface area contributed by atoms with Crippen LogP contribution in [0.4, 0.5) is 0 Å². The maximum atomic E-state index is 12.6. The van der Waals surface area contributed by atoms with Gasteiger partial charge in [-0.05, 0) is 12.0 Å². The molecule has 23 heavy (non-hydrogen) atoms. The number of rotatable bonds is 6. The summed E-state index contributed by atoms with van der Waals surface area (Å²) in [6.45, 7) is 0.490. The highest BCUT2D eigenvalue weighted by molar-refractivity contribution is 7.89. The summed E-state index contributed by atoms with van der Waals surface area (Å²) in [7, 11) is -2.39. The van der Waals surface area contributed by atoms with E-state index in [-0.39, 0.29) is 37.6 Å². The molecule has 1 aromatic rings. The van der Waals surface area contributed by atoms with Crippen LogP contribution >= 0.6 is 0 Å². The van der Waals surface area contributed by atoms with Gasteiger partial charge in [0.25, 0.3) is 0 Å². The SMILES string of the molecule is COC(=O)CCCS(=O)(=O)N1CCNC(=O)C1c1ccccc1. The molecule has 1 unspecified atom stereocenters. The van der Waals surface area contributed by atoms with Gasteiger partial charge in [-0.1, -0.05) is 30.3 Å². The van der Waals surface area contributed by atoms with E-state index >= 15 is 0 Å². The minimum absolute atomic E-state index is 0.0335. The monoisotopic (exact) mass is 340 g/mol. The summed E-state index contributed by atoms with van der Waals surface area (Å²) in [5.74, 6) is -0.978. The highest BCUT2D eigenvalue weighted by Gasteiger charge is 2.38. The van der Waals surface area contributed by atoms with Gasteiger partial charge in [-0.2, -0.15) is 4.31 Å². The first kappa shape index (κ1) is 17.4. The molecule has 1 aliphatic heterocycles. The van der Waals surface area contributed by atoms with E-state index in [2.05, 4.69) is 10.1 Å². The smallest absolute Gasteiger partial charge is 0.305 e. The van der Waals surface area contributed by atoms with Crippen LogP contribution in [0.3, 0.4) is 0 Å². The van der Waals surface area contributed by atoms with Crippen molar-refractivity contribution in [2.24, 2.45) is 0 Å². The van der Waals surface area contributed by atoms with Crippen molar-refractivity contribution >= 4 is 21.9 Å². The maximum absolute atomic E-state index is 12.6. The first-order valence-electron chi connectivity index (χ1n) is 7.34. The van der Waals surface area contributed by atoms with Gasteiger partial charge in [0.1, 0.15) is 6.04 Å². The van der Waals surface area contributed by atoms with Gasteiger partial charge < -0.3 is 10.1 Å². The molecule has 1 aliphatic rings. The number of sulfonamides is 1. The van der Waals surface area contributed by atoms with E-state index in [1.54, 1.807) is 30.3 Å². The number of benzene rings is 1. The number of ether oxygens (including phenoxy) is 1. The van der Waals surface area contributed by atoms with Crippen LogP contribution in [-0.2, 0) is 24.3 Å². The zero-order valence-electron chi connectivity index (χ0n) is 12.9. The molecule has 1 atom stereocenters. The second kappa shape index (κ2) is 7.56. The Kier molecular flexibility index (Phi) is 5.73. The number of nitrogens with one attached hydrogen (secondary N) is 1. The van der Waals surface area contributed by atoms with Crippen molar-refractivity contribution in [2.75, 3.05) is 26.0 Å². The second-order valence-corrected chi connectivity index (χ2v) is 7.25. The highest BCUT2D eigenvalue weighted by Crippen LogP contribution is 2.26. The third-order valence-electron chi connectivity index (χ3n) is 3.65. The molecular weight excluding hydrogens is 320 g/mol. The molecule has 2 rings (SSSR count). The lowest BCUT2D eigenvalue weighted by Crippen LogP contribution is -2.52. The lowest BCUT2D eigenvalue weighted by molar-refractivity contribution is -0.140. The fraction of sp³-hybridized carbons (Fsp3) is 0.467.